The predicted molar refractivity (Wildman–Crippen MR) is 80.7 cm³/mol. The second-order valence-corrected chi connectivity index (χ2v) is 6.13. The molecule has 0 atom stereocenters. The van der Waals surface area contributed by atoms with Crippen LogP contribution in [0.25, 0.3) is 5.69 Å². The van der Waals surface area contributed by atoms with Crippen molar-refractivity contribution >= 4 is 5.91 Å². The minimum absolute atomic E-state index is 0.127. The van der Waals surface area contributed by atoms with Crippen LogP contribution in [-0.2, 0) is 17.9 Å². The summed E-state index contributed by atoms with van der Waals surface area (Å²) in [4.78, 5) is 26.5. The maximum Gasteiger partial charge on any atom is 0.350 e. The minimum atomic E-state index is -0.127. The first-order valence-corrected chi connectivity index (χ1v) is 7.68. The van der Waals surface area contributed by atoms with Gasteiger partial charge >= 0.3 is 5.69 Å². The average molecular weight is 298 g/mol. The molecule has 1 amide bonds. The highest BCUT2D eigenvalue weighted by molar-refractivity contribution is 5.81. The third kappa shape index (κ3) is 2.15. The Morgan fingerprint density at radius 1 is 1.18 bits per heavy atom. The van der Waals surface area contributed by atoms with E-state index in [0.29, 0.717) is 25.5 Å². The molecule has 0 unspecified atom stereocenters. The molecule has 0 radical (unpaired) electrons. The van der Waals surface area contributed by atoms with Gasteiger partial charge in [-0.3, -0.25) is 9.36 Å². The molecule has 6 heteroatoms. The Labute approximate surface area is 128 Å². The summed E-state index contributed by atoms with van der Waals surface area (Å²) in [6.07, 6.45) is 2.00. The van der Waals surface area contributed by atoms with Crippen LogP contribution >= 0.6 is 0 Å². The van der Waals surface area contributed by atoms with Crippen molar-refractivity contribution in [2.24, 2.45) is 5.92 Å². The number of hydrogen-bond donors (Lipinski definition) is 0. The molecule has 0 spiro atoms. The van der Waals surface area contributed by atoms with Crippen LogP contribution in [-0.4, -0.2) is 31.7 Å². The molecule has 0 saturated heterocycles. The fraction of sp³-hybridized carbons (Fsp3) is 0.438. The summed E-state index contributed by atoms with van der Waals surface area (Å²) in [5.74, 6) is 1.09. The molecule has 1 fully saturated rings. The number of amides is 1. The third-order valence-electron chi connectivity index (χ3n) is 4.38. The number of aryl methyl sites for hydroxylation is 1. The first-order chi connectivity index (χ1) is 10.6. The van der Waals surface area contributed by atoms with E-state index in [1.54, 1.807) is 4.57 Å². The molecule has 2 heterocycles. The monoisotopic (exact) mass is 298 g/mol. The second kappa shape index (κ2) is 4.83. The molecule has 4 rings (SSSR count). The summed E-state index contributed by atoms with van der Waals surface area (Å²) >= 11 is 0. The molecular formula is C16H18N4O2. The molecule has 2 aliphatic rings. The summed E-state index contributed by atoms with van der Waals surface area (Å²) in [6, 6.07) is 7.71. The molecule has 1 aliphatic heterocycles. The molecule has 1 saturated carbocycles. The van der Waals surface area contributed by atoms with Crippen molar-refractivity contribution < 1.29 is 4.79 Å². The van der Waals surface area contributed by atoms with Gasteiger partial charge in [0.05, 0.1) is 12.2 Å². The topological polar surface area (TPSA) is 60.1 Å². The highest BCUT2D eigenvalue weighted by Gasteiger charge is 2.35. The Morgan fingerprint density at radius 2 is 1.91 bits per heavy atom. The van der Waals surface area contributed by atoms with Crippen LogP contribution in [0.3, 0.4) is 0 Å². The summed E-state index contributed by atoms with van der Waals surface area (Å²) in [6.45, 7) is 3.57. The average Bonchev–Trinajstić information content (AvgIpc) is 3.32. The Hall–Kier alpha value is -2.37. The van der Waals surface area contributed by atoms with Crippen LogP contribution in [0.5, 0.6) is 0 Å². The molecule has 0 N–H and O–H groups in total. The maximum atomic E-state index is 12.5. The zero-order valence-corrected chi connectivity index (χ0v) is 12.5. The summed E-state index contributed by atoms with van der Waals surface area (Å²) in [5.41, 5.74) is 1.77. The molecule has 2 aromatic rings. The number of fused-ring (bicyclic) bond motifs is 1. The standard InChI is InChI=1S/C16H18N4O2/c1-11-2-6-13(7-3-11)20-16(22)19-9-8-18(10-14(19)17-20)15(21)12-4-5-12/h2-3,6-7,12H,4-5,8-10H2,1H3. The van der Waals surface area contributed by atoms with Gasteiger partial charge in [-0.25, -0.2) is 4.79 Å². The summed E-state index contributed by atoms with van der Waals surface area (Å²) in [5, 5.41) is 4.44. The molecular weight excluding hydrogens is 280 g/mol. The summed E-state index contributed by atoms with van der Waals surface area (Å²) in [7, 11) is 0. The van der Waals surface area contributed by atoms with Crippen LogP contribution in [0.4, 0.5) is 0 Å². The van der Waals surface area contributed by atoms with E-state index in [2.05, 4.69) is 5.10 Å². The van der Waals surface area contributed by atoms with E-state index in [1.165, 1.54) is 4.68 Å². The van der Waals surface area contributed by atoms with Crippen LogP contribution in [0, 0.1) is 12.8 Å². The van der Waals surface area contributed by atoms with Gasteiger partial charge in [0.2, 0.25) is 5.91 Å². The zero-order valence-electron chi connectivity index (χ0n) is 12.5. The van der Waals surface area contributed by atoms with E-state index >= 15 is 0 Å². The maximum absolute atomic E-state index is 12.5. The van der Waals surface area contributed by atoms with Crippen LogP contribution in [0.15, 0.2) is 29.1 Å². The van der Waals surface area contributed by atoms with Crippen molar-refractivity contribution in [2.45, 2.75) is 32.9 Å². The Bertz CT molecular complexity index is 783. The van der Waals surface area contributed by atoms with Crippen molar-refractivity contribution in [3.63, 3.8) is 0 Å². The highest BCUT2D eigenvalue weighted by Crippen LogP contribution is 2.31. The first-order valence-electron chi connectivity index (χ1n) is 7.68. The number of hydrogen-bond acceptors (Lipinski definition) is 3. The van der Waals surface area contributed by atoms with Crippen molar-refractivity contribution in [2.75, 3.05) is 6.54 Å². The lowest BCUT2D eigenvalue weighted by atomic mass is 10.2. The van der Waals surface area contributed by atoms with Crippen molar-refractivity contribution in [3.05, 3.63) is 46.1 Å². The van der Waals surface area contributed by atoms with E-state index < -0.39 is 0 Å². The molecule has 0 bridgehead atoms. The van der Waals surface area contributed by atoms with Gasteiger partial charge in [0.1, 0.15) is 0 Å². The third-order valence-corrected chi connectivity index (χ3v) is 4.38. The second-order valence-electron chi connectivity index (χ2n) is 6.13. The van der Waals surface area contributed by atoms with Crippen LogP contribution in [0.1, 0.15) is 24.2 Å². The van der Waals surface area contributed by atoms with Crippen LogP contribution < -0.4 is 5.69 Å². The van der Waals surface area contributed by atoms with Gasteiger partial charge < -0.3 is 4.90 Å². The molecule has 1 aliphatic carbocycles. The van der Waals surface area contributed by atoms with Gasteiger partial charge in [0.15, 0.2) is 5.82 Å². The van der Waals surface area contributed by atoms with Crippen LogP contribution in [0.2, 0.25) is 0 Å². The number of aromatic nitrogens is 3. The van der Waals surface area contributed by atoms with E-state index in [0.717, 1.165) is 24.1 Å². The van der Waals surface area contributed by atoms with E-state index in [-0.39, 0.29) is 17.5 Å². The van der Waals surface area contributed by atoms with Gasteiger partial charge in [0.25, 0.3) is 0 Å². The number of benzene rings is 1. The van der Waals surface area contributed by atoms with E-state index in [1.807, 2.05) is 36.1 Å². The molecule has 22 heavy (non-hydrogen) atoms. The lowest BCUT2D eigenvalue weighted by molar-refractivity contribution is -0.134. The van der Waals surface area contributed by atoms with Crippen molar-refractivity contribution in [3.8, 4) is 5.69 Å². The van der Waals surface area contributed by atoms with Gasteiger partial charge in [-0.05, 0) is 31.9 Å². The highest BCUT2D eigenvalue weighted by atomic mass is 16.2. The number of carbonyl (C=O) groups is 1. The first kappa shape index (κ1) is 13.3. The number of nitrogens with zero attached hydrogens (tertiary/aromatic N) is 4. The Kier molecular flexibility index (Phi) is 2.92. The number of rotatable bonds is 2. The lowest BCUT2D eigenvalue weighted by Crippen LogP contribution is -2.41. The zero-order chi connectivity index (χ0) is 15.3. The largest absolute Gasteiger partial charge is 0.350 e. The van der Waals surface area contributed by atoms with Gasteiger partial charge in [0, 0.05) is 19.0 Å². The smallest absolute Gasteiger partial charge is 0.333 e. The predicted octanol–water partition coefficient (Wildman–Crippen LogP) is 1.09. The van der Waals surface area contributed by atoms with Crippen molar-refractivity contribution in [1.82, 2.24) is 19.2 Å². The Balaban J connectivity index is 1.66. The molecule has 1 aromatic carbocycles. The lowest BCUT2D eigenvalue weighted by Gasteiger charge is -2.26. The van der Waals surface area contributed by atoms with Gasteiger partial charge in [-0.1, -0.05) is 17.7 Å². The Morgan fingerprint density at radius 3 is 2.59 bits per heavy atom. The molecule has 1 aromatic heterocycles. The van der Waals surface area contributed by atoms with Gasteiger partial charge in [-0.15, -0.1) is 5.10 Å². The molecule has 6 nitrogen and oxygen atoms in total. The van der Waals surface area contributed by atoms with Gasteiger partial charge in [-0.2, -0.15) is 4.68 Å². The fourth-order valence-electron chi connectivity index (χ4n) is 2.88. The fourth-order valence-corrected chi connectivity index (χ4v) is 2.88. The summed E-state index contributed by atoms with van der Waals surface area (Å²) < 4.78 is 3.11. The van der Waals surface area contributed by atoms with Crippen molar-refractivity contribution in [1.29, 1.82) is 0 Å². The number of carbonyl (C=O) groups excluding carboxylic acids is 1. The normalized spacial score (nSPS) is 17.4. The SMILES string of the molecule is Cc1ccc(-n2nc3n(c2=O)CCN(C(=O)C2CC2)C3)cc1. The minimum Gasteiger partial charge on any atom is -0.333 e. The van der Waals surface area contributed by atoms with E-state index in [9.17, 15) is 9.59 Å². The molecule has 114 valence electrons. The quantitative estimate of drug-likeness (QED) is 0.834. The van der Waals surface area contributed by atoms with E-state index in [4.69, 9.17) is 0 Å².